The number of hydrogen-bond donors (Lipinski definition) is 5. The minimum absolute atomic E-state index is 0.000535. The summed E-state index contributed by atoms with van der Waals surface area (Å²) in [7, 11) is -4.47. The summed E-state index contributed by atoms with van der Waals surface area (Å²) in [5.41, 5.74) is 5.34. The number of phosphoric acid groups is 1. The van der Waals surface area contributed by atoms with E-state index in [-0.39, 0.29) is 50.9 Å². The number of phosphoric ester groups is 1. The number of carbonyl (C=O) groups is 2. The molecule has 1 aliphatic rings. The van der Waals surface area contributed by atoms with Crippen LogP contribution < -0.4 is 5.73 Å². The van der Waals surface area contributed by atoms with Gasteiger partial charge in [-0.3, -0.25) is 18.6 Å². The summed E-state index contributed by atoms with van der Waals surface area (Å²) in [4.78, 5) is 35.0. The van der Waals surface area contributed by atoms with Gasteiger partial charge in [-0.15, -0.1) is 0 Å². The Kier molecular flexibility index (Phi) is 33.7. The standard InChI is InChI=1S/C47H78NO11P/c1-3-5-7-8-9-10-11-12-13-14-15-16-17-18-19-20-21-22-27-31-46(52)56-38-41(39-58-60(54,55)57-36-35-48)59-47(53)32-28-24-23-26-30-42-43(45(51)37-44(42)50)34-33-40(49)29-25-6-4-2/h9-10,12-13,15-16,18-19,21-23,26,33-34,40-45,49-51H,3-8,11,14,17,20,24-25,27-32,35-39,48H2,1-2H3,(H,54,55)/b10-9-,13-12-,16-15-,19-18-,22-21-,26-23+,34-33+/t40-,41+,42+,43+,44-,45+/m0/s1. The van der Waals surface area contributed by atoms with Gasteiger partial charge in [0.05, 0.1) is 31.5 Å². The third-order valence-electron chi connectivity index (χ3n) is 9.84. The van der Waals surface area contributed by atoms with Gasteiger partial charge in [0.15, 0.2) is 6.10 Å². The van der Waals surface area contributed by atoms with Gasteiger partial charge in [-0.2, -0.15) is 0 Å². The van der Waals surface area contributed by atoms with Crippen molar-refractivity contribution >= 4 is 19.8 Å². The van der Waals surface area contributed by atoms with E-state index in [1.165, 1.54) is 25.7 Å². The summed E-state index contributed by atoms with van der Waals surface area (Å²) in [6, 6.07) is 0. The van der Waals surface area contributed by atoms with E-state index >= 15 is 0 Å². The highest BCUT2D eigenvalue weighted by atomic mass is 31.2. The van der Waals surface area contributed by atoms with E-state index < -0.39 is 50.8 Å². The zero-order chi connectivity index (χ0) is 44.1. The van der Waals surface area contributed by atoms with E-state index in [0.717, 1.165) is 44.9 Å². The molecule has 0 radical (unpaired) electrons. The van der Waals surface area contributed by atoms with Crippen LogP contribution in [0.25, 0.3) is 0 Å². The first kappa shape index (κ1) is 55.1. The molecule has 1 unspecified atom stereocenters. The Labute approximate surface area is 361 Å². The van der Waals surface area contributed by atoms with Gasteiger partial charge >= 0.3 is 19.8 Å². The maximum absolute atomic E-state index is 12.7. The van der Waals surface area contributed by atoms with Crippen molar-refractivity contribution in [1.82, 2.24) is 0 Å². The van der Waals surface area contributed by atoms with E-state index in [0.29, 0.717) is 32.1 Å². The number of ether oxygens (including phenoxy) is 2. The number of esters is 2. The monoisotopic (exact) mass is 864 g/mol. The number of rotatable bonds is 36. The molecule has 1 rings (SSSR count). The number of hydrogen-bond acceptors (Lipinski definition) is 11. The van der Waals surface area contributed by atoms with E-state index in [4.69, 9.17) is 24.3 Å². The van der Waals surface area contributed by atoms with Crippen LogP contribution in [0.4, 0.5) is 0 Å². The normalized spacial score (nSPS) is 20.9. The maximum atomic E-state index is 12.7. The molecular weight excluding hydrogens is 785 g/mol. The van der Waals surface area contributed by atoms with Crippen LogP contribution in [0.15, 0.2) is 85.1 Å². The van der Waals surface area contributed by atoms with Gasteiger partial charge in [-0.1, -0.05) is 131 Å². The average molecular weight is 864 g/mol. The Morgan fingerprint density at radius 1 is 0.717 bits per heavy atom. The van der Waals surface area contributed by atoms with Gasteiger partial charge in [0.1, 0.15) is 6.61 Å². The molecular formula is C47H78NO11P. The first-order valence-corrected chi connectivity index (χ1v) is 23.8. The second-order valence-electron chi connectivity index (χ2n) is 15.2. The lowest BCUT2D eigenvalue weighted by atomic mass is 9.89. The van der Waals surface area contributed by atoms with Crippen LogP contribution >= 0.6 is 7.82 Å². The van der Waals surface area contributed by atoms with Crippen molar-refractivity contribution in [3.05, 3.63) is 85.1 Å². The van der Waals surface area contributed by atoms with Crippen molar-refractivity contribution < 1.29 is 52.9 Å². The van der Waals surface area contributed by atoms with Gasteiger partial charge in [-0.25, -0.2) is 4.57 Å². The zero-order valence-corrected chi connectivity index (χ0v) is 37.4. The van der Waals surface area contributed by atoms with Gasteiger partial charge in [0.25, 0.3) is 0 Å². The molecule has 0 heterocycles. The molecule has 0 aromatic carbocycles. The van der Waals surface area contributed by atoms with Crippen LogP contribution in [0.3, 0.4) is 0 Å². The number of nitrogens with two attached hydrogens (primary N) is 1. The molecule has 60 heavy (non-hydrogen) atoms. The molecule has 0 aliphatic heterocycles. The largest absolute Gasteiger partial charge is 0.472 e. The fourth-order valence-corrected chi connectivity index (χ4v) is 7.20. The average Bonchev–Trinajstić information content (AvgIpc) is 3.49. The van der Waals surface area contributed by atoms with Crippen molar-refractivity contribution in [3.63, 3.8) is 0 Å². The molecule has 12 nitrogen and oxygen atoms in total. The summed E-state index contributed by atoms with van der Waals surface area (Å²) in [6.07, 6.45) is 40.1. The van der Waals surface area contributed by atoms with Crippen molar-refractivity contribution in [1.29, 1.82) is 0 Å². The van der Waals surface area contributed by atoms with Crippen LogP contribution in [0.1, 0.15) is 136 Å². The fraction of sp³-hybridized carbons (Fsp3) is 0.660. The molecule has 1 fully saturated rings. The van der Waals surface area contributed by atoms with Crippen molar-refractivity contribution in [2.24, 2.45) is 17.6 Å². The summed E-state index contributed by atoms with van der Waals surface area (Å²) >= 11 is 0. The number of aliphatic hydroxyl groups is 3. The Bertz CT molecular complexity index is 1370. The fourth-order valence-electron chi connectivity index (χ4n) is 6.43. The zero-order valence-electron chi connectivity index (χ0n) is 36.5. The predicted octanol–water partition coefficient (Wildman–Crippen LogP) is 9.21. The van der Waals surface area contributed by atoms with Crippen molar-refractivity contribution in [2.75, 3.05) is 26.4 Å². The van der Waals surface area contributed by atoms with E-state index in [1.807, 2.05) is 30.4 Å². The predicted molar refractivity (Wildman–Crippen MR) is 240 cm³/mol. The van der Waals surface area contributed by atoms with E-state index in [9.17, 15) is 34.4 Å². The Hall–Kier alpha value is -2.93. The Morgan fingerprint density at radius 2 is 1.30 bits per heavy atom. The third-order valence-corrected chi connectivity index (χ3v) is 10.8. The summed E-state index contributed by atoms with van der Waals surface area (Å²) < 4.78 is 32.7. The molecule has 1 saturated carbocycles. The number of allylic oxidation sites excluding steroid dienone is 12. The highest BCUT2D eigenvalue weighted by Gasteiger charge is 2.39. The Balaban J connectivity index is 2.46. The second-order valence-corrected chi connectivity index (χ2v) is 16.6. The molecule has 0 saturated heterocycles. The molecule has 0 spiro atoms. The lowest BCUT2D eigenvalue weighted by Gasteiger charge is -2.20. The van der Waals surface area contributed by atoms with Gasteiger partial charge in [0, 0.05) is 31.7 Å². The van der Waals surface area contributed by atoms with Gasteiger partial charge < -0.3 is 35.4 Å². The quantitative estimate of drug-likeness (QED) is 0.0174. The highest BCUT2D eigenvalue weighted by molar-refractivity contribution is 7.47. The third kappa shape index (κ3) is 30.2. The topological polar surface area (TPSA) is 195 Å². The first-order chi connectivity index (χ1) is 29.0. The molecule has 0 amide bonds. The minimum atomic E-state index is -4.47. The van der Waals surface area contributed by atoms with Crippen LogP contribution in [-0.4, -0.2) is 82.9 Å². The molecule has 0 bridgehead atoms. The molecule has 1 aliphatic carbocycles. The van der Waals surface area contributed by atoms with E-state index in [1.54, 1.807) is 6.08 Å². The molecule has 6 N–H and O–H groups in total. The molecule has 0 aromatic heterocycles. The maximum Gasteiger partial charge on any atom is 0.472 e. The smallest absolute Gasteiger partial charge is 0.462 e. The van der Waals surface area contributed by atoms with Crippen LogP contribution in [0, 0.1) is 11.8 Å². The van der Waals surface area contributed by atoms with Crippen LogP contribution in [0.2, 0.25) is 0 Å². The summed E-state index contributed by atoms with van der Waals surface area (Å²) in [5, 5.41) is 31.3. The summed E-state index contributed by atoms with van der Waals surface area (Å²) in [5.74, 6) is -1.57. The minimum Gasteiger partial charge on any atom is -0.462 e. The number of carbonyl (C=O) groups excluding carboxylic acids is 2. The summed E-state index contributed by atoms with van der Waals surface area (Å²) in [6.45, 7) is 3.21. The highest BCUT2D eigenvalue weighted by Crippen LogP contribution is 2.43. The second kappa shape index (κ2) is 36.7. The molecule has 7 atom stereocenters. The van der Waals surface area contributed by atoms with E-state index in [2.05, 4.69) is 62.5 Å². The SMILES string of the molecule is CCCCC/C=C\C/C=C\C/C=C\C/C=C\C/C=C\CCC(=O)OC[C@H](COP(=O)(O)OCCN)OC(=O)CCC/C=C/C[C@@H]1[C@@H](/C=C/[C@@H](O)CCCCC)[C@H](O)C[C@@H]1O. The van der Waals surface area contributed by atoms with Crippen LogP contribution in [-0.2, 0) is 32.7 Å². The lowest BCUT2D eigenvalue weighted by molar-refractivity contribution is -0.161. The van der Waals surface area contributed by atoms with Gasteiger partial charge in [0.2, 0.25) is 0 Å². The Morgan fingerprint density at radius 3 is 1.93 bits per heavy atom. The molecule has 0 aromatic rings. The molecule has 342 valence electrons. The first-order valence-electron chi connectivity index (χ1n) is 22.3. The lowest BCUT2D eigenvalue weighted by Crippen LogP contribution is -2.29. The van der Waals surface area contributed by atoms with Crippen molar-refractivity contribution in [2.45, 2.75) is 160 Å². The van der Waals surface area contributed by atoms with Crippen LogP contribution in [0.5, 0.6) is 0 Å². The number of unbranched alkanes of at least 4 members (excludes halogenated alkanes) is 6. The van der Waals surface area contributed by atoms with Crippen molar-refractivity contribution in [3.8, 4) is 0 Å². The molecule has 13 heteroatoms. The van der Waals surface area contributed by atoms with Gasteiger partial charge in [-0.05, 0) is 76.5 Å². The number of aliphatic hydroxyl groups excluding tert-OH is 3.